The second-order valence-corrected chi connectivity index (χ2v) is 6.32. The summed E-state index contributed by atoms with van der Waals surface area (Å²) in [6.07, 6.45) is 0. The maximum atomic E-state index is 14.0. The Kier molecular flexibility index (Phi) is 5.36. The Hall–Kier alpha value is -0.550. The van der Waals surface area contributed by atoms with Crippen LogP contribution in [-0.2, 0) is 0 Å². The Labute approximate surface area is 143 Å². The first kappa shape index (κ1) is 16.8. The van der Waals surface area contributed by atoms with Crippen LogP contribution in [0.5, 0.6) is 5.75 Å². The Bertz CT molecular complexity index is 671. The van der Waals surface area contributed by atoms with Crippen molar-refractivity contribution in [2.45, 2.75) is 5.38 Å². The van der Waals surface area contributed by atoms with Gasteiger partial charge in [-0.2, -0.15) is 0 Å². The van der Waals surface area contributed by atoms with Crippen molar-refractivity contribution in [3.63, 3.8) is 0 Å². The SMILES string of the molecule is COc1cc(Cl)c(C(Cl)c2c(F)cc(Br)cc2F)cc1Cl. The van der Waals surface area contributed by atoms with Gasteiger partial charge in [-0.1, -0.05) is 39.1 Å². The average molecular weight is 416 g/mol. The molecule has 0 bridgehead atoms. The smallest absolute Gasteiger partial charge is 0.138 e. The third kappa shape index (κ3) is 3.45. The van der Waals surface area contributed by atoms with E-state index in [1.807, 2.05) is 0 Å². The Balaban J connectivity index is 2.55. The van der Waals surface area contributed by atoms with Crippen LogP contribution in [0.4, 0.5) is 8.78 Å². The lowest BCUT2D eigenvalue weighted by atomic mass is 10.0. The van der Waals surface area contributed by atoms with Crippen molar-refractivity contribution in [3.05, 3.63) is 61.5 Å². The van der Waals surface area contributed by atoms with E-state index in [-0.39, 0.29) is 20.1 Å². The first-order valence-electron chi connectivity index (χ1n) is 5.66. The van der Waals surface area contributed by atoms with Crippen LogP contribution in [0.15, 0.2) is 28.7 Å². The lowest BCUT2D eigenvalue weighted by Gasteiger charge is -2.16. The molecule has 2 aromatic carbocycles. The topological polar surface area (TPSA) is 9.23 Å². The summed E-state index contributed by atoms with van der Waals surface area (Å²) in [5.41, 5.74) is 0.00672. The third-order valence-corrected chi connectivity index (χ3v) is 4.38. The van der Waals surface area contributed by atoms with Crippen LogP contribution in [0.2, 0.25) is 10.0 Å². The zero-order chi connectivity index (χ0) is 15.7. The van der Waals surface area contributed by atoms with Crippen LogP contribution < -0.4 is 4.74 Å². The number of hydrogen-bond donors (Lipinski definition) is 0. The summed E-state index contributed by atoms with van der Waals surface area (Å²) >= 11 is 21.3. The summed E-state index contributed by atoms with van der Waals surface area (Å²) in [5, 5.41) is -0.660. The molecule has 0 spiro atoms. The molecule has 0 radical (unpaired) electrons. The Morgan fingerprint density at radius 1 is 1.05 bits per heavy atom. The first-order chi connectivity index (χ1) is 9.85. The molecule has 1 nitrogen and oxygen atoms in total. The van der Waals surface area contributed by atoms with E-state index in [1.54, 1.807) is 0 Å². The zero-order valence-electron chi connectivity index (χ0n) is 10.6. The lowest BCUT2D eigenvalue weighted by Crippen LogP contribution is -2.02. The van der Waals surface area contributed by atoms with Gasteiger partial charge in [-0.25, -0.2) is 8.78 Å². The highest BCUT2D eigenvalue weighted by Gasteiger charge is 2.24. The van der Waals surface area contributed by atoms with E-state index in [1.165, 1.54) is 19.2 Å². The molecule has 0 N–H and O–H groups in total. The van der Waals surface area contributed by atoms with E-state index in [4.69, 9.17) is 39.5 Å². The van der Waals surface area contributed by atoms with E-state index in [2.05, 4.69) is 15.9 Å². The molecule has 7 heteroatoms. The summed E-state index contributed by atoms with van der Waals surface area (Å²) in [7, 11) is 1.43. The van der Waals surface area contributed by atoms with Gasteiger partial charge in [0, 0.05) is 21.1 Å². The number of benzene rings is 2. The Morgan fingerprint density at radius 2 is 1.62 bits per heavy atom. The van der Waals surface area contributed by atoms with Crippen LogP contribution in [-0.4, -0.2) is 7.11 Å². The highest BCUT2D eigenvalue weighted by atomic mass is 79.9. The summed E-state index contributed by atoms with van der Waals surface area (Å²) < 4.78 is 33.2. The lowest BCUT2D eigenvalue weighted by molar-refractivity contribution is 0.415. The largest absolute Gasteiger partial charge is 0.495 e. The predicted molar refractivity (Wildman–Crippen MR) is 84.8 cm³/mol. The highest BCUT2D eigenvalue weighted by Crippen LogP contribution is 2.41. The van der Waals surface area contributed by atoms with Crippen molar-refractivity contribution in [3.8, 4) is 5.75 Å². The van der Waals surface area contributed by atoms with Crippen molar-refractivity contribution in [2.24, 2.45) is 0 Å². The number of rotatable bonds is 3. The van der Waals surface area contributed by atoms with Crippen LogP contribution in [0.1, 0.15) is 16.5 Å². The van der Waals surface area contributed by atoms with E-state index in [0.717, 1.165) is 12.1 Å². The van der Waals surface area contributed by atoms with Crippen molar-refractivity contribution in [1.82, 2.24) is 0 Å². The minimum Gasteiger partial charge on any atom is -0.495 e. The number of hydrogen-bond acceptors (Lipinski definition) is 1. The molecule has 0 aromatic heterocycles. The highest BCUT2D eigenvalue weighted by molar-refractivity contribution is 9.10. The number of alkyl halides is 1. The second kappa shape index (κ2) is 6.69. The van der Waals surface area contributed by atoms with Gasteiger partial charge in [0.15, 0.2) is 0 Å². The molecule has 0 saturated carbocycles. The van der Waals surface area contributed by atoms with E-state index < -0.39 is 17.0 Å². The zero-order valence-corrected chi connectivity index (χ0v) is 14.4. The minimum absolute atomic E-state index is 0.206. The predicted octanol–water partition coefficient (Wildman–Crippen LogP) is 6.37. The van der Waals surface area contributed by atoms with Crippen LogP contribution in [0.25, 0.3) is 0 Å². The molecule has 0 saturated heterocycles. The molecule has 0 amide bonds. The Morgan fingerprint density at radius 3 is 2.14 bits per heavy atom. The second-order valence-electron chi connectivity index (χ2n) is 4.15. The standard InChI is InChI=1S/C14H8BrCl3F2O/c1-21-12-5-8(16)7(4-9(12)17)14(18)13-10(19)2-6(15)3-11(13)20/h2-5,14H,1H3. The maximum absolute atomic E-state index is 14.0. The quantitative estimate of drug-likeness (QED) is 0.528. The molecule has 0 aliphatic heterocycles. The number of ether oxygens (including phenoxy) is 1. The van der Waals surface area contributed by atoms with E-state index in [9.17, 15) is 8.78 Å². The van der Waals surface area contributed by atoms with Gasteiger partial charge in [-0.3, -0.25) is 0 Å². The fourth-order valence-electron chi connectivity index (χ4n) is 1.85. The molecule has 2 rings (SSSR count). The molecule has 1 unspecified atom stereocenters. The van der Waals surface area contributed by atoms with Crippen molar-refractivity contribution < 1.29 is 13.5 Å². The maximum Gasteiger partial charge on any atom is 0.138 e. The van der Waals surface area contributed by atoms with Crippen molar-refractivity contribution in [2.75, 3.05) is 7.11 Å². The monoisotopic (exact) mass is 414 g/mol. The van der Waals surface area contributed by atoms with Gasteiger partial charge in [0.1, 0.15) is 17.4 Å². The van der Waals surface area contributed by atoms with Gasteiger partial charge in [-0.05, 0) is 23.8 Å². The molecule has 21 heavy (non-hydrogen) atoms. The first-order valence-corrected chi connectivity index (χ1v) is 7.65. The molecule has 0 heterocycles. The van der Waals surface area contributed by atoms with Gasteiger partial charge in [0.05, 0.1) is 17.5 Å². The summed E-state index contributed by atoms with van der Waals surface area (Å²) in [5.74, 6) is -1.19. The normalized spacial score (nSPS) is 12.3. The molecular formula is C14H8BrCl3F2O. The van der Waals surface area contributed by atoms with Crippen LogP contribution in [0.3, 0.4) is 0 Å². The molecular weight excluding hydrogens is 408 g/mol. The van der Waals surface area contributed by atoms with E-state index in [0.29, 0.717) is 11.3 Å². The molecule has 0 aliphatic carbocycles. The fourth-order valence-corrected chi connectivity index (χ4v) is 3.20. The molecule has 0 fully saturated rings. The van der Waals surface area contributed by atoms with Gasteiger partial charge < -0.3 is 4.74 Å². The minimum atomic E-state index is -1.12. The van der Waals surface area contributed by atoms with Gasteiger partial charge in [-0.15, -0.1) is 11.6 Å². The fraction of sp³-hybridized carbons (Fsp3) is 0.143. The summed E-state index contributed by atoms with van der Waals surface area (Å²) in [4.78, 5) is 0. The van der Waals surface area contributed by atoms with Gasteiger partial charge in [0.2, 0.25) is 0 Å². The summed E-state index contributed by atoms with van der Waals surface area (Å²) in [6.45, 7) is 0. The molecule has 0 aliphatic rings. The van der Waals surface area contributed by atoms with Crippen molar-refractivity contribution >= 4 is 50.7 Å². The molecule has 1 atom stereocenters. The summed E-state index contributed by atoms with van der Waals surface area (Å²) in [6, 6.07) is 5.14. The van der Waals surface area contributed by atoms with Crippen molar-refractivity contribution in [1.29, 1.82) is 0 Å². The average Bonchev–Trinajstić information content (AvgIpc) is 2.39. The number of methoxy groups -OCH3 is 1. The van der Waals surface area contributed by atoms with Gasteiger partial charge >= 0.3 is 0 Å². The van der Waals surface area contributed by atoms with Crippen LogP contribution >= 0.6 is 50.7 Å². The molecule has 2 aromatic rings. The molecule has 112 valence electrons. The third-order valence-electron chi connectivity index (χ3n) is 2.84. The van der Waals surface area contributed by atoms with Crippen LogP contribution in [0, 0.1) is 11.6 Å². The van der Waals surface area contributed by atoms with Gasteiger partial charge in [0.25, 0.3) is 0 Å². The van der Waals surface area contributed by atoms with E-state index >= 15 is 0 Å². The number of halogens is 6.